The molecule has 36 heavy (non-hydrogen) atoms. The maximum atomic E-state index is 13.3. The molecule has 2 aliphatic heterocycles. The summed E-state index contributed by atoms with van der Waals surface area (Å²) < 4.78 is 0. The first kappa shape index (κ1) is 25.3. The summed E-state index contributed by atoms with van der Waals surface area (Å²) in [4.78, 5) is 56.8. The van der Waals surface area contributed by atoms with Gasteiger partial charge in [0.15, 0.2) is 0 Å². The highest BCUT2D eigenvalue weighted by molar-refractivity contribution is 6.39. The predicted octanol–water partition coefficient (Wildman–Crippen LogP) is 2.84. The number of rotatable bonds is 4. The summed E-state index contributed by atoms with van der Waals surface area (Å²) in [7, 11) is 0. The van der Waals surface area contributed by atoms with Crippen molar-refractivity contribution in [1.29, 1.82) is 0 Å². The average molecular weight is 492 g/mol. The van der Waals surface area contributed by atoms with Crippen LogP contribution >= 0.6 is 0 Å². The van der Waals surface area contributed by atoms with Gasteiger partial charge in [0.1, 0.15) is 0 Å². The molecule has 2 fully saturated rings. The lowest BCUT2D eigenvalue weighted by atomic mass is 9.85. The molecule has 9 nitrogen and oxygen atoms in total. The van der Waals surface area contributed by atoms with E-state index >= 15 is 0 Å². The number of amides is 4. The molecule has 0 spiro atoms. The van der Waals surface area contributed by atoms with Gasteiger partial charge in [0.2, 0.25) is 11.8 Å². The van der Waals surface area contributed by atoms with Crippen molar-refractivity contribution in [2.75, 3.05) is 25.0 Å². The van der Waals surface area contributed by atoms with Crippen molar-refractivity contribution in [1.82, 2.24) is 14.8 Å². The molecule has 190 valence electrons. The molecule has 0 radical (unpaired) electrons. The highest BCUT2D eigenvalue weighted by Crippen LogP contribution is 2.36. The van der Waals surface area contributed by atoms with Crippen molar-refractivity contribution >= 4 is 29.3 Å². The number of pyridine rings is 1. The van der Waals surface area contributed by atoms with Crippen molar-refractivity contribution in [3.8, 4) is 0 Å². The molecule has 0 unspecified atom stereocenters. The minimum Gasteiger partial charge on any atom is -0.366 e. The normalized spacial score (nSPS) is 20.6. The number of carbonyl (C=O) groups is 4. The molecule has 2 saturated heterocycles. The van der Waals surface area contributed by atoms with Gasteiger partial charge < -0.3 is 20.9 Å². The summed E-state index contributed by atoms with van der Waals surface area (Å²) in [6, 6.07) is 9.51. The monoisotopic (exact) mass is 491 g/mol. The number of nitrogens with zero attached hydrogens (tertiary/aromatic N) is 3. The molecule has 3 N–H and O–H groups in total. The first-order valence-electron chi connectivity index (χ1n) is 12.4. The second-order valence-corrected chi connectivity index (χ2v) is 9.89. The van der Waals surface area contributed by atoms with Crippen molar-refractivity contribution in [2.24, 2.45) is 11.7 Å². The smallest absolute Gasteiger partial charge is 0.313 e. The van der Waals surface area contributed by atoms with E-state index in [9.17, 15) is 19.2 Å². The number of likely N-dealkylation sites (tertiary alicyclic amines) is 2. The molecule has 0 bridgehead atoms. The Labute approximate surface area is 211 Å². The number of aromatic nitrogens is 1. The van der Waals surface area contributed by atoms with Gasteiger partial charge in [0.05, 0.1) is 23.5 Å². The Bertz CT molecular complexity index is 1160. The number of hydrogen-bond acceptors (Lipinski definition) is 5. The van der Waals surface area contributed by atoms with E-state index in [1.165, 1.54) is 24.0 Å². The van der Waals surface area contributed by atoms with Crippen molar-refractivity contribution in [3.05, 3.63) is 59.4 Å². The SMILES string of the molecule is CC(=O)N1CCC(c2cccc([C@H]3CC[C@H](C)CN3C(=O)C(=O)Nc3cncc(C(N)=O)c3)c2)CC1. The molecule has 2 aromatic rings. The summed E-state index contributed by atoms with van der Waals surface area (Å²) in [6.45, 7) is 5.67. The van der Waals surface area contributed by atoms with Crippen LogP contribution in [-0.2, 0) is 14.4 Å². The number of nitrogens with one attached hydrogen (secondary N) is 1. The van der Waals surface area contributed by atoms with E-state index in [1.54, 1.807) is 11.8 Å². The van der Waals surface area contributed by atoms with Crippen LogP contribution < -0.4 is 11.1 Å². The number of benzene rings is 1. The second-order valence-electron chi connectivity index (χ2n) is 9.89. The third kappa shape index (κ3) is 5.72. The van der Waals surface area contributed by atoms with E-state index in [2.05, 4.69) is 29.4 Å². The van der Waals surface area contributed by atoms with E-state index in [1.807, 2.05) is 17.0 Å². The molecule has 1 aromatic carbocycles. The summed E-state index contributed by atoms with van der Waals surface area (Å²) >= 11 is 0. The largest absolute Gasteiger partial charge is 0.366 e. The zero-order valence-corrected chi connectivity index (χ0v) is 20.8. The molecule has 0 aliphatic carbocycles. The highest BCUT2D eigenvalue weighted by Gasteiger charge is 2.34. The molecule has 2 aliphatic rings. The molecule has 1 aromatic heterocycles. The number of hydrogen-bond donors (Lipinski definition) is 2. The van der Waals surface area contributed by atoms with Crippen molar-refractivity contribution < 1.29 is 19.2 Å². The lowest BCUT2D eigenvalue weighted by Crippen LogP contribution is -2.46. The summed E-state index contributed by atoms with van der Waals surface area (Å²) in [5.41, 5.74) is 7.91. The first-order chi connectivity index (χ1) is 17.2. The summed E-state index contributed by atoms with van der Waals surface area (Å²) in [5.74, 6) is -1.30. The van der Waals surface area contributed by atoms with Gasteiger partial charge in [-0.3, -0.25) is 24.2 Å². The van der Waals surface area contributed by atoms with Crippen molar-refractivity contribution in [3.63, 3.8) is 0 Å². The van der Waals surface area contributed by atoms with Gasteiger partial charge in [0, 0.05) is 32.8 Å². The quantitative estimate of drug-likeness (QED) is 0.636. The van der Waals surface area contributed by atoms with Gasteiger partial charge in [-0.25, -0.2) is 0 Å². The Hall–Kier alpha value is -3.75. The van der Waals surface area contributed by atoms with Crippen LogP contribution in [0.4, 0.5) is 5.69 Å². The van der Waals surface area contributed by atoms with Crippen molar-refractivity contribution in [2.45, 2.75) is 51.5 Å². The van der Waals surface area contributed by atoms with E-state index in [0.717, 1.165) is 44.3 Å². The average Bonchev–Trinajstić information content (AvgIpc) is 2.88. The molecule has 4 amide bonds. The van der Waals surface area contributed by atoms with Gasteiger partial charge >= 0.3 is 11.8 Å². The van der Waals surface area contributed by atoms with Crippen LogP contribution in [0.25, 0.3) is 0 Å². The minimum atomic E-state index is -0.773. The highest BCUT2D eigenvalue weighted by atomic mass is 16.2. The van der Waals surface area contributed by atoms with E-state index < -0.39 is 17.7 Å². The van der Waals surface area contributed by atoms with Gasteiger partial charge in [-0.05, 0) is 54.7 Å². The van der Waals surface area contributed by atoms with Gasteiger partial charge in [-0.15, -0.1) is 0 Å². The van der Waals surface area contributed by atoms with E-state index in [4.69, 9.17) is 5.73 Å². The van der Waals surface area contributed by atoms with Gasteiger partial charge in [-0.2, -0.15) is 0 Å². The Morgan fingerprint density at radius 2 is 1.72 bits per heavy atom. The fraction of sp³-hybridized carbons (Fsp3) is 0.444. The standard InChI is InChI=1S/C27H33N5O4/c1-17-6-7-24(21-5-3-4-20(12-21)19-8-10-31(11-9-19)18(2)33)32(16-17)27(36)26(35)30-23-13-22(25(28)34)14-29-15-23/h3-5,12-15,17,19,24H,6-11,16H2,1-2H3,(H2,28,34)(H,30,35)/t17-,24+/m0/s1. The van der Waals surface area contributed by atoms with E-state index in [-0.39, 0.29) is 29.1 Å². The fourth-order valence-corrected chi connectivity index (χ4v) is 5.23. The van der Waals surface area contributed by atoms with Gasteiger partial charge in [-0.1, -0.05) is 31.2 Å². The Morgan fingerprint density at radius 1 is 1.00 bits per heavy atom. The maximum Gasteiger partial charge on any atom is 0.313 e. The molecule has 3 heterocycles. The van der Waals surface area contributed by atoms with Crippen LogP contribution in [0, 0.1) is 5.92 Å². The van der Waals surface area contributed by atoms with Crippen LogP contribution in [0.3, 0.4) is 0 Å². The Morgan fingerprint density at radius 3 is 2.42 bits per heavy atom. The topological polar surface area (TPSA) is 126 Å². The van der Waals surface area contributed by atoms with Crippen LogP contribution in [-0.4, -0.2) is 58.0 Å². The molecule has 9 heteroatoms. The predicted molar refractivity (Wildman–Crippen MR) is 135 cm³/mol. The number of primary amides is 1. The fourth-order valence-electron chi connectivity index (χ4n) is 5.23. The van der Waals surface area contributed by atoms with Crippen LogP contribution in [0.2, 0.25) is 0 Å². The maximum absolute atomic E-state index is 13.3. The Balaban J connectivity index is 1.50. The van der Waals surface area contributed by atoms with Crippen LogP contribution in [0.5, 0.6) is 0 Å². The lowest BCUT2D eigenvalue weighted by molar-refractivity contribution is -0.146. The molecule has 4 rings (SSSR count). The zero-order chi connectivity index (χ0) is 25.8. The second kappa shape index (κ2) is 10.9. The Kier molecular flexibility index (Phi) is 7.67. The number of anilines is 1. The first-order valence-corrected chi connectivity index (χ1v) is 12.4. The third-order valence-electron chi connectivity index (χ3n) is 7.26. The minimum absolute atomic E-state index is 0.114. The van der Waals surface area contributed by atoms with Gasteiger partial charge in [0.25, 0.3) is 0 Å². The molecular weight excluding hydrogens is 458 g/mol. The summed E-state index contributed by atoms with van der Waals surface area (Å²) in [5, 5.41) is 2.56. The zero-order valence-electron chi connectivity index (χ0n) is 20.8. The molecule has 2 atom stereocenters. The summed E-state index contributed by atoms with van der Waals surface area (Å²) in [6.07, 6.45) is 6.23. The number of carbonyl (C=O) groups excluding carboxylic acids is 4. The third-order valence-corrected chi connectivity index (χ3v) is 7.26. The number of piperidine rings is 2. The number of nitrogens with two attached hydrogens (primary N) is 1. The van der Waals surface area contributed by atoms with E-state index in [0.29, 0.717) is 12.5 Å². The molecule has 0 saturated carbocycles. The van der Waals surface area contributed by atoms with Crippen LogP contribution in [0.15, 0.2) is 42.7 Å². The molecular formula is C27H33N5O4. The van der Waals surface area contributed by atoms with Crippen LogP contribution in [0.1, 0.15) is 73.0 Å². The lowest BCUT2D eigenvalue weighted by Gasteiger charge is -2.39.